The van der Waals surface area contributed by atoms with Crippen molar-refractivity contribution in [1.82, 2.24) is 28.7 Å². The van der Waals surface area contributed by atoms with E-state index in [-0.39, 0.29) is 0 Å². The summed E-state index contributed by atoms with van der Waals surface area (Å²) in [4.78, 5) is 12.7. The van der Waals surface area contributed by atoms with E-state index in [1.54, 1.807) is 0 Å². The molecule has 234 valence electrons. The maximum atomic E-state index is 4.89. The number of hydrogen-bond donors (Lipinski definition) is 1. The topological polar surface area (TPSA) is 56.4 Å². The lowest BCUT2D eigenvalue weighted by Crippen LogP contribution is -1.96. The molecule has 0 fully saturated rings. The summed E-state index contributed by atoms with van der Waals surface area (Å²) >= 11 is 0. The van der Waals surface area contributed by atoms with E-state index >= 15 is 0 Å². The second-order valence-electron chi connectivity index (χ2n) is 12.9. The second-order valence-corrected chi connectivity index (χ2v) is 12.9. The summed E-state index contributed by atoms with van der Waals surface area (Å²) in [5, 5.41) is 7.17. The van der Waals surface area contributed by atoms with Crippen molar-refractivity contribution in [2.45, 2.75) is 0 Å². The van der Waals surface area contributed by atoms with Crippen LogP contribution in [0.1, 0.15) is 0 Å². The van der Waals surface area contributed by atoms with Crippen molar-refractivity contribution in [3.8, 4) is 28.2 Å². The molecule has 0 saturated heterocycles. The van der Waals surface area contributed by atoms with Crippen molar-refractivity contribution in [3.63, 3.8) is 0 Å². The summed E-state index contributed by atoms with van der Waals surface area (Å²) in [7, 11) is 0. The SMILES string of the molecule is c1ccc(-n2c3ccc(-c4ccc(-n5c6ccc(-n7c8ccccc8c8c[nH]cc87)cc6c6cccnc65)cc4)cc3c3ccncc32)cc1. The van der Waals surface area contributed by atoms with Gasteiger partial charge in [-0.1, -0.05) is 54.6 Å². The van der Waals surface area contributed by atoms with Crippen LogP contribution in [0.15, 0.2) is 164 Å². The maximum absolute atomic E-state index is 4.89. The van der Waals surface area contributed by atoms with Gasteiger partial charge in [0, 0.05) is 74.2 Å². The normalized spacial score (nSPS) is 12.0. The highest BCUT2D eigenvalue weighted by Crippen LogP contribution is 2.38. The number of benzene rings is 5. The first-order chi connectivity index (χ1) is 24.8. The number of fused-ring (bicyclic) bond motifs is 9. The van der Waals surface area contributed by atoms with Gasteiger partial charge >= 0.3 is 0 Å². The van der Waals surface area contributed by atoms with E-state index in [0.717, 1.165) is 44.7 Å². The van der Waals surface area contributed by atoms with Crippen LogP contribution in [-0.2, 0) is 0 Å². The Bertz CT molecular complexity index is 3080. The van der Waals surface area contributed by atoms with Crippen molar-refractivity contribution in [2.24, 2.45) is 0 Å². The summed E-state index contributed by atoms with van der Waals surface area (Å²) in [5.41, 5.74) is 12.4. The lowest BCUT2D eigenvalue weighted by atomic mass is 10.0. The van der Waals surface area contributed by atoms with E-state index in [4.69, 9.17) is 4.98 Å². The van der Waals surface area contributed by atoms with Gasteiger partial charge in [0.2, 0.25) is 0 Å². The maximum Gasteiger partial charge on any atom is 0.145 e. The lowest BCUT2D eigenvalue weighted by molar-refractivity contribution is 1.13. The summed E-state index contributed by atoms with van der Waals surface area (Å²) in [6.45, 7) is 0. The number of rotatable bonds is 4. The largest absolute Gasteiger partial charge is 0.365 e. The van der Waals surface area contributed by atoms with Gasteiger partial charge in [-0.3, -0.25) is 9.55 Å². The molecule has 0 radical (unpaired) electrons. The number of aromatic amines is 1. The molecule has 6 aromatic heterocycles. The van der Waals surface area contributed by atoms with Gasteiger partial charge in [0.25, 0.3) is 0 Å². The highest BCUT2D eigenvalue weighted by molar-refractivity contribution is 6.12. The predicted molar refractivity (Wildman–Crippen MR) is 205 cm³/mol. The fraction of sp³-hybridized carbons (Fsp3) is 0. The molecule has 0 amide bonds. The fourth-order valence-electron chi connectivity index (χ4n) is 8.00. The Morgan fingerprint density at radius 1 is 0.400 bits per heavy atom. The first-order valence-electron chi connectivity index (χ1n) is 16.8. The number of nitrogens with zero attached hydrogens (tertiary/aromatic N) is 5. The Hall–Kier alpha value is -6.92. The molecule has 11 rings (SSSR count). The fourth-order valence-corrected chi connectivity index (χ4v) is 8.00. The van der Waals surface area contributed by atoms with Crippen molar-refractivity contribution in [3.05, 3.63) is 164 Å². The van der Waals surface area contributed by atoms with Crippen molar-refractivity contribution < 1.29 is 0 Å². The third-order valence-corrected chi connectivity index (χ3v) is 10.2. The zero-order valence-corrected chi connectivity index (χ0v) is 26.8. The van der Waals surface area contributed by atoms with Crippen LogP contribution in [0.25, 0.3) is 93.7 Å². The van der Waals surface area contributed by atoms with E-state index in [1.807, 2.05) is 24.7 Å². The zero-order valence-electron chi connectivity index (χ0n) is 26.8. The number of para-hydroxylation sites is 2. The van der Waals surface area contributed by atoms with Crippen LogP contribution in [0.5, 0.6) is 0 Å². The molecule has 0 atom stereocenters. The van der Waals surface area contributed by atoms with Gasteiger partial charge in [-0.15, -0.1) is 0 Å². The molecule has 11 aromatic rings. The van der Waals surface area contributed by atoms with E-state index in [0.29, 0.717) is 0 Å². The Morgan fingerprint density at radius 3 is 2.00 bits per heavy atom. The summed E-state index contributed by atoms with van der Waals surface area (Å²) in [6.07, 6.45) is 9.89. The standard InChI is InChI=1S/C44H28N6/c1-2-7-30(8-3-1)48-40-18-14-29(23-36(40)34-20-22-45-26-42(34)48)28-12-15-31(16-13-28)50-41-19-17-32(24-37(41)35-10-6-21-47-44(35)50)49-39-11-5-4-9-33(39)38-25-46-27-43(38)49/h1-27,46H. The van der Waals surface area contributed by atoms with Gasteiger partial charge in [0.1, 0.15) is 5.65 Å². The summed E-state index contributed by atoms with van der Waals surface area (Å²) in [6, 6.07) is 47.8. The monoisotopic (exact) mass is 640 g/mol. The minimum atomic E-state index is 0.945. The van der Waals surface area contributed by atoms with Crippen molar-refractivity contribution in [2.75, 3.05) is 0 Å². The molecular weight excluding hydrogens is 613 g/mol. The molecule has 0 unspecified atom stereocenters. The molecule has 0 aliphatic carbocycles. The van der Waals surface area contributed by atoms with Crippen LogP contribution in [-0.4, -0.2) is 28.7 Å². The van der Waals surface area contributed by atoms with Crippen LogP contribution < -0.4 is 0 Å². The second kappa shape index (κ2) is 10.3. The molecule has 0 bridgehead atoms. The quantitative estimate of drug-likeness (QED) is 0.208. The number of pyridine rings is 2. The molecule has 0 aliphatic heterocycles. The molecule has 0 saturated carbocycles. The van der Waals surface area contributed by atoms with E-state index in [2.05, 4.69) is 163 Å². The summed E-state index contributed by atoms with van der Waals surface area (Å²) in [5.74, 6) is 0. The Morgan fingerprint density at radius 2 is 1.08 bits per heavy atom. The lowest BCUT2D eigenvalue weighted by Gasteiger charge is -2.11. The van der Waals surface area contributed by atoms with Gasteiger partial charge in [-0.2, -0.15) is 0 Å². The van der Waals surface area contributed by atoms with Crippen molar-refractivity contribution in [1.29, 1.82) is 0 Å². The molecule has 0 spiro atoms. The molecule has 1 N–H and O–H groups in total. The van der Waals surface area contributed by atoms with Gasteiger partial charge in [-0.05, 0) is 90.0 Å². The number of aromatic nitrogens is 6. The van der Waals surface area contributed by atoms with Gasteiger partial charge in [-0.25, -0.2) is 4.98 Å². The molecule has 0 aliphatic rings. The molecular formula is C44H28N6. The molecule has 5 aromatic carbocycles. The molecule has 6 nitrogen and oxygen atoms in total. The average molecular weight is 641 g/mol. The average Bonchev–Trinajstić information content (AvgIpc) is 3.94. The Kier molecular flexibility index (Phi) is 5.57. The Labute approximate surface area is 286 Å². The minimum Gasteiger partial charge on any atom is -0.365 e. The first kappa shape index (κ1) is 27.1. The zero-order chi connectivity index (χ0) is 32.8. The Balaban J connectivity index is 1.04. The number of nitrogens with one attached hydrogen (secondary N) is 1. The molecule has 6 heteroatoms. The number of H-pyrrole nitrogens is 1. The molecule has 50 heavy (non-hydrogen) atoms. The van der Waals surface area contributed by atoms with Crippen LogP contribution in [0.3, 0.4) is 0 Å². The van der Waals surface area contributed by atoms with E-state index < -0.39 is 0 Å². The first-order valence-corrected chi connectivity index (χ1v) is 16.8. The predicted octanol–water partition coefficient (Wildman–Crippen LogP) is 10.8. The van der Waals surface area contributed by atoms with E-state index in [9.17, 15) is 0 Å². The highest BCUT2D eigenvalue weighted by Gasteiger charge is 2.18. The summed E-state index contributed by atoms with van der Waals surface area (Å²) < 4.78 is 6.92. The molecule has 6 heterocycles. The van der Waals surface area contributed by atoms with Gasteiger partial charge in [0.05, 0.1) is 33.8 Å². The van der Waals surface area contributed by atoms with E-state index in [1.165, 1.54) is 49.0 Å². The van der Waals surface area contributed by atoms with Crippen LogP contribution >= 0.6 is 0 Å². The smallest absolute Gasteiger partial charge is 0.145 e. The van der Waals surface area contributed by atoms with Gasteiger partial charge < -0.3 is 14.1 Å². The minimum absolute atomic E-state index is 0.945. The van der Waals surface area contributed by atoms with Crippen LogP contribution in [0.2, 0.25) is 0 Å². The van der Waals surface area contributed by atoms with Crippen molar-refractivity contribution >= 4 is 65.5 Å². The highest BCUT2D eigenvalue weighted by atomic mass is 15.1. The van der Waals surface area contributed by atoms with Crippen LogP contribution in [0.4, 0.5) is 0 Å². The van der Waals surface area contributed by atoms with Gasteiger partial charge in [0.15, 0.2) is 0 Å². The third-order valence-electron chi connectivity index (χ3n) is 10.2. The number of hydrogen-bond acceptors (Lipinski definition) is 2. The third kappa shape index (κ3) is 3.78. The van der Waals surface area contributed by atoms with Crippen LogP contribution in [0, 0.1) is 0 Å².